The van der Waals surface area contributed by atoms with Gasteiger partial charge in [-0.05, 0) is 36.4 Å². The van der Waals surface area contributed by atoms with Crippen LogP contribution in [-0.2, 0) is 9.84 Å². The highest BCUT2D eigenvalue weighted by Gasteiger charge is 2.11. The van der Waals surface area contributed by atoms with E-state index in [9.17, 15) is 17.6 Å². The molecule has 5 nitrogen and oxygen atoms in total. The van der Waals surface area contributed by atoms with Crippen molar-refractivity contribution >= 4 is 27.1 Å². The maximum Gasteiger partial charge on any atom is 0.255 e. The van der Waals surface area contributed by atoms with Gasteiger partial charge in [-0.15, -0.1) is 0 Å². The van der Waals surface area contributed by atoms with Crippen LogP contribution in [-0.4, -0.2) is 20.6 Å². The minimum absolute atomic E-state index is 0.0503. The van der Waals surface area contributed by atoms with Crippen LogP contribution in [0.4, 0.5) is 15.8 Å². The summed E-state index contributed by atoms with van der Waals surface area (Å²) in [4.78, 5) is 12.1. The number of amides is 1. The maximum absolute atomic E-state index is 13.3. The molecule has 2 rings (SSSR count). The highest BCUT2D eigenvalue weighted by molar-refractivity contribution is 7.90. The SMILES string of the molecule is CS(=O)(=O)c1cccc(NC(=O)c2ccc(N)c(F)c2)c1. The van der Waals surface area contributed by atoms with E-state index in [0.29, 0.717) is 5.69 Å². The van der Waals surface area contributed by atoms with E-state index in [0.717, 1.165) is 12.3 Å². The Morgan fingerprint density at radius 2 is 1.90 bits per heavy atom. The first kappa shape index (κ1) is 15.0. The Kier molecular flexibility index (Phi) is 3.95. The van der Waals surface area contributed by atoms with Crippen molar-refractivity contribution in [3.05, 3.63) is 53.8 Å². The summed E-state index contributed by atoms with van der Waals surface area (Å²) in [6.45, 7) is 0. The molecule has 3 N–H and O–H groups in total. The number of carbonyl (C=O) groups excluding carboxylic acids is 1. The number of carbonyl (C=O) groups is 1. The standard InChI is InChI=1S/C14H13FN2O3S/c1-21(19,20)11-4-2-3-10(8-11)17-14(18)9-5-6-13(16)12(15)7-9/h2-8H,16H2,1H3,(H,17,18). The molecule has 2 aromatic carbocycles. The average molecular weight is 308 g/mol. The number of rotatable bonds is 3. The fourth-order valence-corrected chi connectivity index (χ4v) is 2.34. The molecule has 0 bridgehead atoms. The van der Waals surface area contributed by atoms with Crippen LogP contribution in [0.3, 0.4) is 0 Å². The number of benzene rings is 2. The predicted molar refractivity (Wildman–Crippen MR) is 78.3 cm³/mol. The van der Waals surface area contributed by atoms with E-state index in [-0.39, 0.29) is 16.1 Å². The van der Waals surface area contributed by atoms with Gasteiger partial charge in [-0.1, -0.05) is 6.07 Å². The highest BCUT2D eigenvalue weighted by atomic mass is 32.2. The molecule has 1 amide bonds. The Bertz CT molecular complexity index is 804. The van der Waals surface area contributed by atoms with Crippen LogP contribution in [0.2, 0.25) is 0 Å². The molecule has 0 aliphatic carbocycles. The van der Waals surface area contributed by atoms with Gasteiger partial charge in [0.2, 0.25) is 0 Å². The lowest BCUT2D eigenvalue weighted by atomic mass is 10.2. The van der Waals surface area contributed by atoms with Crippen molar-refractivity contribution in [3.8, 4) is 0 Å². The first-order chi connectivity index (χ1) is 9.77. The monoisotopic (exact) mass is 308 g/mol. The molecule has 0 aliphatic rings. The zero-order valence-electron chi connectivity index (χ0n) is 11.1. The summed E-state index contributed by atoms with van der Waals surface area (Å²) in [5.74, 6) is -1.24. The number of hydrogen-bond acceptors (Lipinski definition) is 4. The van der Waals surface area contributed by atoms with Gasteiger partial charge in [0.25, 0.3) is 5.91 Å². The topological polar surface area (TPSA) is 89.3 Å². The smallest absolute Gasteiger partial charge is 0.255 e. The highest BCUT2D eigenvalue weighted by Crippen LogP contribution is 2.17. The maximum atomic E-state index is 13.3. The summed E-state index contributed by atoms with van der Waals surface area (Å²) in [6, 6.07) is 9.50. The van der Waals surface area contributed by atoms with Crippen molar-refractivity contribution in [3.63, 3.8) is 0 Å². The third-order valence-electron chi connectivity index (χ3n) is 2.78. The number of sulfone groups is 1. The summed E-state index contributed by atoms with van der Waals surface area (Å²) in [5, 5.41) is 2.51. The molecular formula is C14H13FN2O3S. The summed E-state index contributed by atoms with van der Waals surface area (Å²) >= 11 is 0. The molecule has 110 valence electrons. The lowest BCUT2D eigenvalue weighted by molar-refractivity contribution is 0.102. The average Bonchev–Trinajstić information content (AvgIpc) is 2.41. The Morgan fingerprint density at radius 1 is 1.19 bits per heavy atom. The summed E-state index contributed by atoms with van der Waals surface area (Å²) < 4.78 is 36.2. The van der Waals surface area contributed by atoms with Gasteiger partial charge in [0.05, 0.1) is 10.6 Å². The van der Waals surface area contributed by atoms with Crippen LogP contribution < -0.4 is 11.1 Å². The minimum Gasteiger partial charge on any atom is -0.396 e. The van der Waals surface area contributed by atoms with E-state index in [1.807, 2.05) is 0 Å². The molecule has 7 heteroatoms. The quantitative estimate of drug-likeness (QED) is 0.849. The molecular weight excluding hydrogens is 295 g/mol. The molecule has 0 radical (unpaired) electrons. The molecule has 0 saturated heterocycles. The third-order valence-corrected chi connectivity index (χ3v) is 3.89. The normalized spacial score (nSPS) is 11.1. The van der Waals surface area contributed by atoms with Gasteiger partial charge in [-0.3, -0.25) is 4.79 Å². The van der Waals surface area contributed by atoms with Gasteiger partial charge in [0, 0.05) is 17.5 Å². The second-order valence-corrected chi connectivity index (χ2v) is 6.51. The zero-order chi connectivity index (χ0) is 15.6. The molecule has 21 heavy (non-hydrogen) atoms. The number of halogens is 1. The molecule has 0 saturated carbocycles. The molecule has 0 aliphatic heterocycles. The lowest BCUT2D eigenvalue weighted by Crippen LogP contribution is -2.13. The Balaban J connectivity index is 2.25. The van der Waals surface area contributed by atoms with Gasteiger partial charge < -0.3 is 11.1 Å². The van der Waals surface area contributed by atoms with Crippen LogP contribution >= 0.6 is 0 Å². The second-order valence-electron chi connectivity index (χ2n) is 4.49. The number of anilines is 2. The van der Waals surface area contributed by atoms with E-state index in [4.69, 9.17) is 5.73 Å². The van der Waals surface area contributed by atoms with E-state index in [2.05, 4.69) is 5.32 Å². The Labute approximate surface area is 121 Å². The largest absolute Gasteiger partial charge is 0.396 e. The van der Waals surface area contributed by atoms with Crippen molar-refractivity contribution < 1.29 is 17.6 Å². The summed E-state index contributed by atoms with van der Waals surface area (Å²) in [7, 11) is -3.37. The van der Waals surface area contributed by atoms with Crippen molar-refractivity contribution in [1.82, 2.24) is 0 Å². The Hall–Kier alpha value is -2.41. The predicted octanol–water partition coefficient (Wildman–Crippen LogP) is 2.06. The van der Waals surface area contributed by atoms with E-state index in [1.165, 1.54) is 30.3 Å². The fourth-order valence-electron chi connectivity index (χ4n) is 1.68. The van der Waals surface area contributed by atoms with Crippen LogP contribution in [0.5, 0.6) is 0 Å². The number of nitrogens with two attached hydrogens (primary N) is 1. The van der Waals surface area contributed by atoms with Crippen molar-refractivity contribution in [1.29, 1.82) is 0 Å². The summed E-state index contributed by atoms with van der Waals surface area (Å²) in [6.07, 6.45) is 1.07. The Morgan fingerprint density at radius 3 is 2.52 bits per heavy atom. The number of nitrogen functional groups attached to an aromatic ring is 1. The summed E-state index contributed by atoms with van der Waals surface area (Å²) in [5.41, 5.74) is 5.68. The first-order valence-corrected chi connectivity index (χ1v) is 7.83. The van der Waals surface area contributed by atoms with Gasteiger partial charge in [0.1, 0.15) is 5.82 Å². The third kappa shape index (κ3) is 3.57. The van der Waals surface area contributed by atoms with Gasteiger partial charge in [-0.25, -0.2) is 12.8 Å². The molecule has 0 fully saturated rings. The van der Waals surface area contributed by atoms with Gasteiger partial charge >= 0.3 is 0 Å². The van der Waals surface area contributed by atoms with Crippen LogP contribution in [0.15, 0.2) is 47.4 Å². The first-order valence-electron chi connectivity index (χ1n) is 5.94. The molecule has 2 aromatic rings. The van der Waals surface area contributed by atoms with Gasteiger partial charge in [0.15, 0.2) is 9.84 Å². The van der Waals surface area contributed by atoms with E-state index >= 15 is 0 Å². The lowest BCUT2D eigenvalue weighted by Gasteiger charge is -2.07. The van der Waals surface area contributed by atoms with Crippen molar-refractivity contribution in [2.75, 3.05) is 17.3 Å². The van der Waals surface area contributed by atoms with E-state index in [1.54, 1.807) is 6.07 Å². The van der Waals surface area contributed by atoms with Crippen LogP contribution in [0, 0.1) is 5.82 Å². The fraction of sp³-hybridized carbons (Fsp3) is 0.0714. The number of nitrogens with one attached hydrogen (secondary N) is 1. The number of hydrogen-bond donors (Lipinski definition) is 2. The molecule has 0 spiro atoms. The van der Waals surface area contributed by atoms with Crippen LogP contribution in [0.25, 0.3) is 0 Å². The zero-order valence-corrected chi connectivity index (χ0v) is 11.9. The van der Waals surface area contributed by atoms with Gasteiger partial charge in [-0.2, -0.15) is 0 Å². The second kappa shape index (κ2) is 5.53. The molecule has 0 atom stereocenters. The van der Waals surface area contributed by atoms with Crippen molar-refractivity contribution in [2.24, 2.45) is 0 Å². The van der Waals surface area contributed by atoms with Crippen molar-refractivity contribution in [2.45, 2.75) is 4.90 Å². The van der Waals surface area contributed by atoms with E-state index < -0.39 is 21.6 Å². The van der Waals surface area contributed by atoms with Crippen LogP contribution in [0.1, 0.15) is 10.4 Å². The molecule has 0 unspecified atom stereocenters. The molecule has 0 heterocycles. The molecule has 0 aromatic heterocycles. The minimum atomic E-state index is -3.37.